The van der Waals surface area contributed by atoms with E-state index in [9.17, 15) is 22.4 Å². The Bertz CT molecular complexity index is 444. The van der Waals surface area contributed by atoms with Gasteiger partial charge in [-0.05, 0) is 22.9 Å². The van der Waals surface area contributed by atoms with Gasteiger partial charge >= 0.3 is 12.3 Å². The Labute approximate surface area is 103 Å². The van der Waals surface area contributed by atoms with Gasteiger partial charge in [0, 0.05) is 7.05 Å². The van der Waals surface area contributed by atoms with Crippen molar-refractivity contribution in [2.24, 2.45) is 7.05 Å². The van der Waals surface area contributed by atoms with Crippen molar-refractivity contribution >= 4 is 21.7 Å². The Morgan fingerprint density at radius 3 is 2.41 bits per heavy atom. The van der Waals surface area contributed by atoms with E-state index < -0.39 is 24.6 Å². The summed E-state index contributed by atoms with van der Waals surface area (Å²) in [6.07, 6.45) is -4.79. The average Bonchev–Trinajstić information content (AvgIpc) is 2.44. The molecule has 1 aromatic heterocycles. The molecule has 0 bridgehead atoms. The van der Waals surface area contributed by atoms with Crippen molar-refractivity contribution < 1.29 is 22.4 Å². The quantitative estimate of drug-likeness (QED) is 0.800. The fraction of sp³-hybridized carbons (Fsp3) is 0.556. The SMILES string of the molecule is Cc1nn(C)c(CC(=O)C(F)(F)C(F)F)c1Br. The van der Waals surface area contributed by atoms with E-state index in [1.54, 1.807) is 6.92 Å². The Balaban J connectivity index is 2.96. The first kappa shape index (κ1) is 14.1. The zero-order chi connectivity index (χ0) is 13.4. The van der Waals surface area contributed by atoms with E-state index in [2.05, 4.69) is 21.0 Å². The van der Waals surface area contributed by atoms with E-state index >= 15 is 0 Å². The van der Waals surface area contributed by atoms with Crippen LogP contribution in [0.5, 0.6) is 0 Å². The molecule has 17 heavy (non-hydrogen) atoms. The van der Waals surface area contributed by atoms with E-state index in [-0.39, 0.29) is 5.69 Å². The number of hydrogen-bond acceptors (Lipinski definition) is 2. The first-order chi connectivity index (χ1) is 7.67. The van der Waals surface area contributed by atoms with Gasteiger partial charge in [-0.1, -0.05) is 0 Å². The molecule has 3 nitrogen and oxygen atoms in total. The van der Waals surface area contributed by atoms with Crippen LogP contribution in [0.3, 0.4) is 0 Å². The summed E-state index contributed by atoms with van der Waals surface area (Å²) in [5.74, 6) is -6.45. The van der Waals surface area contributed by atoms with Gasteiger partial charge in [0.05, 0.1) is 22.3 Å². The third-order valence-corrected chi connectivity index (χ3v) is 3.27. The van der Waals surface area contributed by atoms with Crippen LogP contribution in [0.1, 0.15) is 11.4 Å². The Hall–Kier alpha value is -0.920. The van der Waals surface area contributed by atoms with Gasteiger partial charge in [-0.25, -0.2) is 8.78 Å². The molecule has 96 valence electrons. The molecule has 8 heteroatoms. The van der Waals surface area contributed by atoms with Crippen molar-refractivity contribution in [2.75, 3.05) is 0 Å². The molecule has 0 spiro atoms. The topological polar surface area (TPSA) is 34.9 Å². The van der Waals surface area contributed by atoms with Crippen molar-refractivity contribution in [2.45, 2.75) is 25.7 Å². The minimum absolute atomic E-state index is 0.146. The maximum absolute atomic E-state index is 12.8. The number of aryl methyl sites for hydroxylation is 2. The van der Waals surface area contributed by atoms with Gasteiger partial charge in [0.25, 0.3) is 0 Å². The number of hydrogen-bond donors (Lipinski definition) is 0. The van der Waals surface area contributed by atoms with Crippen LogP contribution in [0.15, 0.2) is 4.47 Å². The van der Waals surface area contributed by atoms with Crippen LogP contribution in [0.25, 0.3) is 0 Å². The normalized spacial score (nSPS) is 12.2. The number of carbonyl (C=O) groups excluding carboxylic acids is 1. The lowest BCUT2D eigenvalue weighted by molar-refractivity contribution is -0.166. The number of nitrogens with zero attached hydrogens (tertiary/aromatic N) is 2. The minimum atomic E-state index is -4.63. The molecule has 0 unspecified atom stereocenters. The largest absolute Gasteiger partial charge is 0.364 e. The summed E-state index contributed by atoms with van der Waals surface area (Å²) in [6.45, 7) is 1.60. The van der Waals surface area contributed by atoms with Gasteiger partial charge in [-0.15, -0.1) is 0 Å². The molecule has 1 rings (SSSR count). The standard InChI is InChI=1S/C9H9BrF4N2O/c1-4-7(10)5(16(2)15-4)3-6(17)9(13,14)8(11)12/h8H,3H2,1-2H3. The first-order valence-corrected chi connectivity index (χ1v) is 5.34. The summed E-state index contributed by atoms with van der Waals surface area (Å²) in [6, 6.07) is 0. The van der Waals surface area contributed by atoms with E-state index in [4.69, 9.17) is 0 Å². The highest BCUT2D eigenvalue weighted by atomic mass is 79.9. The van der Waals surface area contributed by atoms with Crippen molar-refractivity contribution in [1.82, 2.24) is 9.78 Å². The summed E-state index contributed by atoms with van der Waals surface area (Å²) >= 11 is 3.07. The molecule has 0 aromatic carbocycles. The maximum atomic E-state index is 12.8. The monoisotopic (exact) mass is 316 g/mol. The minimum Gasteiger partial charge on any atom is -0.292 e. The summed E-state index contributed by atoms with van der Waals surface area (Å²) in [4.78, 5) is 11.1. The van der Waals surface area contributed by atoms with Crippen LogP contribution < -0.4 is 0 Å². The lowest BCUT2D eigenvalue weighted by Crippen LogP contribution is -2.38. The fourth-order valence-electron chi connectivity index (χ4n) is 1.26. The second-order valence-electron chi connectivity index (χ2n) is 3.49. The molecule has 0 aliphatic rings. The molecule has 0 atom stereocenters. The number of Topliss-reactive ketones (excluding diaryl/α,β-unsaturated/α-hetero) is 1. The van der Waals surface area contributed by atoms with Gasteiger partial charge < -0.3 is 0 Å². The van der Waals surface area contributed by atoms with E-state index in [0.29, 0.717) is 10.2 Å². The average molecular weight is 317 g/mol. The molecule has 0 fully saturated rings. The van der Waals surface area contributed by atoms with Crippen molar-refractivity contribution in [3.63, 3.8) is 0 Å². The van der Waals surface area contributed by atoms with Crippen LogP contribution in [0.2, 0.25) is 0 Å². The molecular formula is C9H9BrF4N2O. The smallest absolute Gasteiger partial charge is 0.292 e. The molecular weight excluding hydrogens is 308 g/mol. The lowest BCUT2D eigenvalue weighted by atomic mass is 10.1. The number of halogens is 5. The molecule has 0 saturated heterocycles. The number of ketones is 1. The third-order valence-electron chi connectivity index (χ3n) is 2.24. The summed E-state index contributed by atoms with van der Waals surface area (Å²) in [5.41, 5.74) is 0.642. The van der Waals surface area contributed by atoms with Crippen molar-refractivity contribution in [3.8, 4) is 0 Å². The van der Waals surface area contributed by atoms with Crippen LogP contribution in [-0.4, -0.2) is 27.9 Å². The molecule has 0 amide bonds. The molecule has 0 radical (unpaired) electrons. The third kappa shape index (κ3) is 2.67. The molecule has 0 N–H and O–H groups in total. The number of aromatic nitrogens is 2. The second kappa shape index (κ2) is 4.75. The Morgan fingerprint density at radius 2 is 2.06 bits per heavy atom. The Kier molecular flexibility index (Phi) is 3.95. The van der Waals surface area contributed by atoms with Gasteiger partial charge in [-0.2, -0.15) is 13.9 Å². The first-order valence-electron chi connectivity index (χ1n) is 4.55. The number of alkyl halides is 4. The molecule has 0 aliphatic heterocycles. The summed E-state index contributed by atoms with van der Waals surface area (Å²) in [7, 11) is 1.45. The second-order valence-corrected chi connectivity index (χ2v) is 4.29. The van der Waals surface area contributed by atoms with Crippen molar-refractivity contribution in [3.05, 3.63) is 15.9 Å². The highest BCUT2D eigenvalue weighted by Crippen LogP contribution is 2.28. The molecule has 0 aliphatic carbocycles. The van der Waals surface area contributed by atoms with Crippen LogP contribution >= 0.6 is 15.9 Å². The predicted molar refractivity (Wildman–Crippen MR) is 55.3 cm³/mol. The summed E-state index contributed by atoms with van der Waals surface area (Å²) in [5, 5.41) is 3.88. The van der Waals surface area contributed by atoms with Crippen LogP contribution in [0.4, 0.5) is 17.6 Å². The maximum Gasteiger partial charge on any atom is 0.364 e. The van der Waals surface area contributed by atoms with E-state index in [1.165, 1.54) is 11.7 Å². The highest BCUT2D eigenvalue weighted by molar-refractivity contribution is 9.10. The molecule has 0 saturated carbocycles. The summed E-state index contributed by atoms with van der Waals surface area (Å²) < 4.78 is 51.0. The van der Waals surface area contributed by atoms with Gasteiger partial charge in [-0.3, -0.25) is 9.48 Å². The van der Waals surface area contributed by atoms with Gasteiger partial charge in [0.2, 0.25) is 5.78 Å². The van der Waals surface area contributed by atoms with Gasteiger partial charge in [0.1, 0.15) is 0 Å². The highest BCUT2D eigenvalue weighted by Gasteiger charge is 2.48. The zero-order valence-corrected chi connectivity index (χ0v) is 10.6. The molecule has 1 aromatic rings. The molecule has 1 heterocycles. The van der Waals surface area contributed by atoms with E-state index in [1.807, 2.05) is 0 Å². The number of carbonyl (C=O) groups is 1. The predicted octanol–water partition coefficient (Wildman–Crippen LogP) is 2.50. The van der Waals surface area contributed by atoms with E-state index in [0.717, 1.165) is 0 Å². The fourth-order valence-corrected chi connectivity index (χ4v) is 1.74. The van der Waals surface area contributed by atoms with Crippen LogP contribution in [-0.2, 0) is 18.3 Å². The lowest BCUT2D eigenvalue weighted by Gasteiger charge is -2.13. The number of rotatable bonds is 4. The zero-order valence-electron chi connectivity index (χ0n) is 8.98. The van der Waals surface area contributed by atoms with Crippen LogP contribution in [0, 0.1) is 6.92 Å². The van der Waals surface area contributed by atoms with Crippen molar-refractivity contribution in [1.29, 1.82) is 0 Å². The Morgan fingerprint density at radius 1 is 1.53 bits per heavy atom. The van der Waals surface area contributed by atoms with Gasteiger partial charge in [0.15, 0.2) is 0 Å².